The Morgan fingerprint density at radius 2 is 1.71 bits per heavy atom. The van der Waals surface area contributed by atoms with Crippen molar-refractivity contribution in [2.75, 3.05) is 7.11 Å². The fourth-order valence-corrected chi connectivity index (χ4v) is 4.88. The topological polar surface area (TPSA) is 72.6 Å². The lowest BCUT2D eigenvalue weighted by Crippen LogP contribution is -2.30. The lowest BCUT2D eigenvalue weighted by Gasteiger charge is -2.23. The van der Waals surface area contributed by atoms with Crippen LogP contribution in [0.2, 0.25) is 0 Å². The number of hydrogen-bond donors (Lipinski definition) is 0. The molecule has 2 aromatic heterocycles. The highest BCUT2D eigenvalue weighted by Gasteiger charge is 2.33. The summed E-state index contributed by atoms with van der Waals surface area (Å²) in [6.07, 6.45) is 2.36. The monoisotopic (exact) mass is 501 g/mol. The average Bonchev–Trinajstić information content (AvgIpc) is 3.57. The maximum Gasteiger partial charge on any atom is 0.263 e. The molecule has 0 spiro atoms. The van der Waals surface area contributed by atoms with Crippen LogP contribution in [0.1, 0.15) is 29.2 Å². The molecule has 1 unspecified atom stereocenters. The number of aryl methyl sites for hydroxylation is 1. The van der Waals surface area contributed by atoms with E-state index in [1.165, 1.54) is 5.56 Å². The van der Waals surface area contributed by atoms with Crippen LogP contribution in [-0.2, 0) is 11.3 Å². The first-order valence-corrected chi connectivity index (χ1v) is 12.6. The van der Waals surface area contributed by atoms with Crippen molar-refractivity contribution in [3.05, 3.63) is 114 Å². The number of carbonyl (C=O) groups excluding carboxylic acids is 1. The summed E-state index contributed by atoms with van der Waals surface area (Å²) in [6, 6.07) is 29.5. The smallest absolute Gasteiger partial charge is 0.263 e. The fraction of sp³-hybridized carbons (Fsp3) is 0.161. The Hall–Kier alpha value is -4.78. The van der Waals surface area contributed by atoms with Gasteiger partial charge in [0.05, 0.1) is 29.9 Å². The molecular formula is C31H27N5O2. The lowest BCUT2D eigenvalue weighted by atomic mass is 9.97. The van der Waals surface area contributed by atoms with Crippen LogP contribution in [0.5, 0.6) is 5.75 Å². The van der Waals surface area contributed by atoms with E-state index in [1.807, 2.05) is 71.3 Å². The van der Waals surface area contributed by atoms with Gasteiger partial charge in [-0.25, -0.2) is 9.99 Å². The number of imidazole rings is 1. The normalized spacial score (nSPS) is 15.1. The minimum atomic E-state index is -0.201. The number of carbonyl (C=O) groups is 1. The van der Waals surface area contributed by atoms with Gasteiger partial charge >= 0.3 is 0 Å². The van der Waals surface area contributed by atoms with Gasteiger partial charge in [0.2, 0.25) is 0 Å². The minimum absolute atomic E-state index is 0.0914. The highest BCUT2D eigenvalue weighted by atomic mass is 16.5. The molecule has 5 aromatic rings. The Balaban J connectivity index is 1.39. The van der Waals surface area contributed by atoms with Crippen LogP contribution < -0.4 is 4.74 Å². The molecular weight excluding hydrogens is 474 g/mol. The first kappa shape index (κ1) is 23.6. The largest absolute Gasteiger partial charge is 0.497 e. The highest BCUT2D eigenvalue weighted by molar-refractivity contribution is 6.03. The van der Waals surface area contributed by atoms with Crippen LogP contribution in [0.4, 0.5) is 0 Å². The third-order valence-electron chi connectivity index (χ3n) is 6.89. The molecule has 0 aliphatic carbocycles. The van der Waals surface area contributed by atoms with Crippen molar-refractivity contribution in [3.63, 3.8) is 0 Å². The van der Waals surface area contributed by atoms with Gasteiger partial charge in [-0.3, -0.25) is 9.78 Å². The molecule has 1 aliphatic heterocycles. The zero-order valence-electron chi connectivity index (χ0n) is 21.3. The van der Waals surface area contributed by atoms with Gasteiger partial charge in [0.25, 0.3) is 5.91 Å². The summed E-state index contributed by atoms with van der Waals surface area (Å²) in [7, 11) is 1.65. The number of aromatic nitrogens is 3. The summed E-state index contributed by atoms with van der Waals surface area (Å²) in [5.41, 5.74) is 6.48. The number of benzene rings is 3. The van der Waals surface area contributed by atoms with Crippen molar-refractivity contribution in [2.45, 2.75) is 25.9 Å². The molecule has 7 nitrogen and oxygen atoms in total. The van der Waals surface area contributed by atoms with E-state index in [-0.39, 0.29) is 18.5 Å². The summed E-state index contributed by atoms with van der Waals surface area (Å²) in [4.78, 5) is 23.3. The number of hydrazone groups is 1. The Labute approximate surface area is 221 Å². The van der Waals surface area contributed by atoms with E-state index in [4.69, 9.17) is 14.8 Å². The van der Waals surface area contributed by atoms with Crippen LogP contribution >= 0.6 is 0 Å². The van der Waals surface area contributed by atoms with Crippen LogP contribution in [0.25, 0.3) is 22.6 Å². The van der Waals surface area contributed by atoms with Crippen molar-refractivity contribution in [3.8, 4) is 17.3 Å². The number of para-hydroxylation sites is 2. The van der Waals surface area contributed by atoms with E-state index in [0.717, 1.165) is 39.3 Å². The Morgan fingerprint density at radius 3 is 2.45 bits per heavy atom. The van der Waals surface area contributed by atoms with Gasteiger partial charge in [-0.15, -0.1) is 0 Å². The second-order valence-electron chi connectivity index (χ2n) is 9.37. The number of hydrogen-bond acceptors (Lipinski definition) is 5. The molecule has 3 aromatic carbocycles. The summed E-state index contributed by atoms with van der Waals surface area (Å²) in [5.74, 6) is 1.33. The summed E-state index contributed by atoms with van der Waals surface area (Å²) in [5, 5.41) is 6.51. The number of ether oxygens (including phenoxy) is 1. The predicted octanol–water partition coefficient (Wildman–Crippen LogP) is 5.79. The number of pyridine rings is 1. The highest BCUT2D eigenvalue weighted by Crippen LogP contribution is 2.34. The van der Waals surface area contributed by atoms with Crippen molar-refractivity contribution in [1.82, 2.24) is 19.5 Å². The van der Waals surface area contributed by atoms with Crippen LogP contribution in [-0.4, -0.2) is 38.3 Å². The number of methoxy groups -OCH3 is 1. The summed E-state index contributed by atoms with van der Waals surface area (Å²) in [6.45, 7) is 2.15. The number of amides is 1. The molecule has 38 heavy (non-hydrogen) atoms. The Morgan fingerprint density at radius 1 is 0.947 bits per heavy atom. The Kier molecular flexibility index (Phi) is 6.17. The standard InChI is InChI=1S/C31H27N5O2/c1-21-10-12-23(13-11-21)29-19-27(22-14-16-24(38-2)17-15-22)34-36(29)30(37)20-35-28-9-4-3-7-25(28)33-31(35)26-8-5-6-18-32-26/h3-18,29H,19-20H2,1-2H3. The molecule has 6 rings (SSSR count). The van der Waals surface area contributed by atoms with Crippen molar-refractivity contribution in [2.24, 2.45) is 5.10 Å². The molecule has 1 amide bonds. The van der Waals surface area contributed by atoms with E-state index < -0.39 is 0 Å². The van der Waals surface area contributed by atoms with E-state index in [0.29, 0.717) is 12.2 Å². The van der Waals surface area contributed by atoms with Crippen molar-refractivity contribution >= 4 is 22.7 Å². The number of rotatable bonds is 6. The number of fused-ring (bicyclic) bond motifs is 1. The van der Waals surface area contributed by atoms with Crippen LogP contribution in [0.3, 0.4) is 0 Å². The van der Waals surface area contributed by atoms with Gasteiger partial charge in [0.1, 0.15) is 18.0 Å². The minimum Gasteiger partial charge on any atom is -0.497 e. The fourth-order valence-electron chi connectivity index (χ4n) is 4.88. The molecule has 0 radical (unpaired) electrons. The maximum absolute atomic E-state index is 14.0. The van der Waals surface area contributed by atoms with Gasteiger partial charge in [-0.1, -0.05) is 48.0 Å². The molecule has 0 saturated carbocycles. The first-order valence-electron chi connectivity index (χ1n) is 12.6. The average molecular weight is 502 g/mol. The molecule has 188 valence electrons. The van der Waals surface area contributed by atoms with Crippen LogP contribution in [0.15, 0.2) is 102 Å². The molecule has 0 fully saturated rings. The summed E-state index contributed by atoms with van der Waals surface area (Å²) < 4.78 is 7.25. The van der Waals surface area contributed by atoms with Gasteiger partial charge in [0.15, 0.2) is 5.82 Å². The van der Waals surface area contributed by atoms with E-state index in [2.05, 4.69) is 36.2 Å². The molecule has 3 heterocycles. The quantitative estimate of drug-likeness (QED) is 0.295. The molecule has 0 N–H and O–H groups in total. The third-order valence-corrected chi connectivity index (χ3v) is 6.89. The van der Waals surface area contributed by atoms with Gasteiger partial charge in [-0.2, -0.15) is 5.10 Å². The van der Waals surface area contributed by atoms with Crippen LogP contribution in [0, 0.1) is 6.92 Å². The zero-order valence-corrected chi connectivity index (χ0v) is 21.3. The SMILES string of the molecule is COc1ccc(C2=NN(C(=O)Cn3c(-c4ccccn4)nc4ccccc43)C(c3ccc(C)cc3)C2)cc1. The van der Waals surface area contributed by atoms with E-state index in [9.17, 15) is 4.79 Å². The number of nitrogens with zero attached hydrogens (tertiary/aromatic N) is 5. The van der Waals surface area contributed by atoms with Gasteiger partial charge in [-0.05, 0) is 66.6 Å². The van der Waals surface area contributed by atoms with Crippen molar-refractivity contribution < 1.29 is 9.53 Å². The van der Waals surface area contributed by atoms with Gasteiger partial charge < -0.3 is 9.30 Å². The zero-order chi connectivity index (χ0) is 26.1. The summed E-state index contributed by atoms with van der Waals surface area (Å²) >= 11 is 0. The van der Waals surface area contributed by atoms with E-state index >= 15 is 0 Å². The predicted molar refractivity (Wildman–Crippen MR) is 148 cm³/mol. The molecule has 0 saturated heterocycles. The molecule has 0 bridgehead atoms. The molecule has 1 aliphatic rings. The van der Waals surface area contributed by atoms with E-state index in [1.54, 1.807) is 18.3 Å². The first-order chi connectivity index (χ1) is 18.6. The maximum atomic E-state index is 14.0. The Bertz CT molecular complexity index is 1620. The second-order valence-corrected chi connectivity index (χ2v) is 9.37. The third kappa shape index (κ3) is 4.43. The molecule has 1 atom stereocenters. The van der Waals surface area contributed by atoms with Crippen molar-refractivity contribution in [1.29, 1.82) is 0 Å². The lowest BCUT2D eigenvalue weighted by molar-refractivity contribution is -0.133. The second kappa shape index (κ2) is 9.94. The molecule has 7 heteroatoms. The van der Waals surface area contributed by atoms with Gasteiger partial charge in [0, 0.05) is 12.6 Å².